The number of hydrogen-bond donors (Lipinski definition) is 1. The van der Waals surface area contributed by atoms with Gasteiger partial charge in [-0.05, 0) is 64.5 Å². The van der Waals surface area contributed by atoms with Crippen LogP contribution in [0.2, 0.25) is 0 Å². The van der Waals surface area contributed by atoms with E-state index in [0.717, 1.165) is 8.95 Å². The number of anilines is 1. The molecule has 26 heavy (non-hydrogen) atoms. The Morgan fingerprint density at radius 3 is 2.46 bits per heavy atom. The highest BCUT2D eigenvalue weighted by Gasteiger charge is 2.07. The molecule has 0 saturated carbocycles. The first-order valence-corrected chi connectivity index (χ1v) is 9.25. The fourth-order valence-corrected chi connectivity index (χ4v) is 3.20. The van der Waals surface area contributed by atoms with Gasteiger partial charge in [0.05, 0.1) is 5.69 Å². The molecule has 0 atom stereocenters. The van der Waals surface area contributed by atoms with E-state index in [9.17, 15) is 4.79 Å². The van der Waals surface area contributed by atoms with E-state index in [1.165, 1.54) is 0 Å². The number of halogens is 2. The first kappa shape index (κ1) is 18.4. The molecule has 1 amide bonds. The summed E-state index contributed by atoms with van der Waals surface area (Å²) in [5.41, 5.74) is 0.681. The van der Waals surface area contributed by atoms with Gasteiger partial charge in [-0.1, -0.05) is 22.0 Å². The molecule has 0 aliphatic carbocycles. The van der Waals surface area contributed by atoms with Crippen molar-refractivity contribution in [2.45, 2.75) is 0 Å². The molecule has 1 aromatic heterocycles. The third kappa shape index (κ3) is 5.31. The van der Waals surface area contributed by atoms with E-state index in [4.69, 9.17) is 9.47 Å². The number of ether oxygens (including phenoxy) is 2. The summed E-state index contributed by atoms with van der Waals surface area (Å²) in [4.78, 5) is 16.1. The number of carbonyl (C=O) groups is 1. The molecule has 7 heteroatoms. The Bertz CT molecular complexity index is 887. The van der Waals surface area contributed by atoms with Crippen molar-refractivity contribution in [3.05, 3.63) is 75.8 Å². The minimum absolute atomic E-state index is 0.0943. The van der Waals surface area contributed by atoms with E-state index in [0.29, 0.717) is 23.1 Å². The van der Waals surface area contributed by atoms with Crippen LogP contribution >= 0.6 is 31.9 Å². The van der Waals surface area contributed by atoms with E-state index >= 15 is 0 Å². The Balaban J connectivity index is 1.52. The molecule has 0 radical (unpaired) electrons. The molecule has 0 unspecified atom stereocenters. The fraction of sp³-hybridized carbons (Fsp3) is 0.0526. The van der Waals surface area contributed by atoms with Crippen LogP contribution in [-0.4, -0.2) is 17.5 Å². The highest BCUT2D eigenvalue weighted by Crippen LogP contribution is 2.26. The summed E-state index contributed by atoms with van der Waals surface area (Å²) >= 11 is 6.77. The highest BCUT2D eigenvalue weighted by atomic mass is 79.9. The van der Waals surface area contributed by atoms with Gasteiger partial charge < -0.3 is 14.8 Å². The van der Waals surface area contributed by atoms with E-state index in [-0.39, 0.29) is 12.5 Å². The second-order valence-electron chi connectivity index (χ2n) is 5.20. The monoisotopic (exact) mass is 476 g/mol. The predicted molar refractivity (Wildman–Crippen MR) is 107 cm³/mol. The van der Waals surface area contributed by atoms with Gasteiger partial charge in [-0.3, -0.25) is 4.79 Å². The number of benzene rings is 2. The Kier molecular flexibility index (Phi) is 6.25. The smallest absolute Gasteiger partial charge is 0.262 e. The van der Waals surface area contributed by atoms with Crippen LogP contribution in [-0.2, 0) is 4.79 Å². The summed E-state index contributed by atoms with van der Waals surface area (Å²) in [6.07, 6.45) is 1.66. The molecule has 132 valence electrons. The molecule has 1 heterocycles. The van der Waals surface area contributed by atoms with Gasteiger partial charge in [0.25, 0.3) is 5.91 Å². The maximum Gasteiger partial charge on any atom is 0.262 e. The lowest BCUT2D eigenvalue weighted by molar-refractivity contribution is -0.118. The quantitative estimate of drug-likeness (QED) is 0.515. The normalized spacial score (nSPS) is 10.2. The highest BCUT2D eigenvalue weighted by molar-refractivity contribution is 9.11. The summed E-state index contributed by atoms with van der Waals surface area (Å²) in [5, 5.41) is 2.79. The maximum atomic E-state index is 12.0. The van der Waals surface area contributed by atoms with Crippen molar-refractivity contribution in [1.29, 1.82) is 0 Å². The van der Waals surface area contributed by atoms with Gasteiger partial charge in [-0.2, -0.15) is 0 Å². The van der Waals surface area contributed by atoms with Crippen LogP contribution in [0.5, 0.6) is 17.4 Å². The van der Waals surface area contributed by atoms with Crippen LogP contribution < -0.4 is 14.8 Å². The molecule has 0 aliphatic rings. The largest absolute Gasteiger partial charge is 0.484 e. The maximum absolute atomic E-state index is 12.0. The van der Waals surface area contributed by atoms with Gasteiger partial charge >= 0.3 is 0 Å². The Hall–Kier alpha value is -2.38. The number of rotatable bonds is 6. The number of nitrogens with one attached hydrogen (secondary N) is 1. The number of pyridine rings is 1. The summed E-state index contributed by atoms with van der Waals surface area (Å²) in [6.45, 7) is -0.0943. The first-order valence-electron chi connectivity index (χ1n) is 7.67. The minimum atomic E-state index is -0.248. The van der Waals surface area contributed by atoms with Gasteiger partial charge in [0.1, 0.15) is 11.5 Å². The van der Waals surface area contributed by atoms with Crippen molar-refractivity contribution in [2.75, 3.05) is 11.9 Å². The van der Waals surface area contributed by atoms with Crippen LogP contribution in [0.4, 0.5) is 5.69 Å². The van der Waals surface area contributed by atoms with Crippen LogP contribution in [0.1, 0.15) is 0 Å². The van der Waals surface area contributed by atoms with Crippen molar-refractivity contribution in [3.8, 4) is 17.4 Å². The summed E-state index contributed by atoms with van der Waals surface area (Å²) in [7, 11) is 0. The zero-order valence-electron chi connectivity index (χ0n) is 13.5. The SMILES string of the molecule is O=C(COc1ccc(Oc2ccccn2)cc1)Nc1ccc(Br)cc1Br. The molecule has 3 rings (SSSR count). The number of amides is 1. The van der Waals surface area contributed by atoms with Crippen LogP contribution in [0, 0.1) is 0 Å². The van der Waals surface area contributed by atoms with Crippen molar-refractivity contribution >= 4 is 43.5 Å². The average molecular weight is 478 g/mol. The Morgan fingerprint density at radius 2 is 1.77 bits per heavy atom. The standard InChI is InChI=1S/C19H14Br2N2O3/c20-13-4-9-17(16(21)11-13)23-18(24)12-25-14-5-7-15(8-6-14)26-19-3-1-2-10-22-19/h1-11H,12H2,(H,23,24). The zero-order chi connectivity index (χ0) is 18.4. The number of aromatic nitrogens is 1. The van der Waals surface area contributed by atoms with Crippen molar-refractivity contribution in [2.24, 2.45) is 0 Å². The van der Waals surface area contributed by atoms with Crippen molar-refractivity contribution in [3.63, 3.8) is 0 Å². The molecule has 5 nitrogen and oxygen atoms in total. The Morgan fingerprint density at radius 1 is 1.00 bits per heavy atom. The second kappa shape index (κ2) is 8.82. The third-order valence-electron chi connectivity index (χ3n) is 3.26. The molecular formula is C19H14Br2N2O3. The predicted octanol–water partition coefficient (Wildman–Crippen LogP) is 5.42. The number of carbonyl (C=O) groups excluding carboxylic acids is 1. The fourth-order valence-electron chi connectivity index (χ4n) is 2.06. The molecule has 0 aliphatic heterocycles. The number of nitrogens with zero attached hydrogens (tertiary/aromatic N) is 1. The lowest BCUT2D eigenvalue weighted by Gasteiger charge is -2.10. The lowest BCUT2D eigenvalue weighted by atomic mass is 10.3. The summed E-state index contributed by atoms with van der Waals surface area (Å²) < 4.78 is 12.8. The zero-order valence-corrected chi connectivity index (χ0v) is 16.7. The van der Waals surface area contributed by atoms with Crippen molar-refractivity contribution in [1.82, 2.24) is 4.98 Å². The van der Waals surface area contributed by atoms with E-state index in [1.807, 2.05) is 24.3 Å². The molecule has 0 spiro atoms. The molecule has 0 fully saturated rings. The lowest BCUT2D eigenvalue weighted by Crippen LogP contribution is -2.20. The van der Waals surface area contributed by atoms with E-state index < -0.39 is 0 Å². The average Bonchev–Trinajstić information content (AvgIpc) is 2.64. The second-order valence-corrected chi connectivity index (χ2v) is 6.97. The van der Waals surface area contributed by atoms with Gasteiger partial charge in [-0.15, -0.1) is 0 Å². The van der Waals surface area contributed by atoms with E-state index in [2.05, 4.69) is 42.2 Å². The Labute approximate surface area is 167 Å². The summed E-state index contributed by atoms with van der Waals surface area (Å²) in [6, 6.07) is 17.9. The molecule has 0 saturated heterocycles. The summed E-state index contributed by atoms with van der Waals surface area (Å²) in [5.74, 6) is 1.48. The minimum Gasteiger partial charge on any atom is -0.484 e. The molecule has 0 bridgehead atoms. The molecule has 1 N–H and O–H groups in total. The number of hydrogen-bond acceptors (Lipinski definition) is 4. The van der Waals surface area contributed by atoms with Gasteiger partial charge in [0.2, 0.25) is 5.88 Å². The molecule has 3 aromatic rings. The van der Waals surface area contributed by atoms with Crippen molar-refractivity contribution < 1.29 is 14.3 Å². The van der Waals surface area contributed by atoms with Gasteiger partial charge in [0.15, 0.2) is 6.61 Å². The molecular weight excluding hydrogens is 464 g/mol. The van der Waals surface area contributed by atoms with Crippen LogP contribution in [0.25, 0.3) is 0 Å². The first-order chi connectivity index (χ1) is 12.6. The van der Waals surface area contributed by atoms with Gasteiger partial charge in [-0.25, -0.2) is 4.98 Å². The van der Waals surface area contributed by atoms with Gasteiger partial charge in [0, 0.05) is 21.2 Å². The molecule has 2 aromatic carbocycles. The van der Waals surface area contributed by atoms with Crippen LogP contribution in [0.15, 0.2) is 75.8 Å². The third-order valence-corrected chi connectivity index (χ3v) is 4.41. The van der Waals surface area contributed by atoms with Crippen LogP contribution in [0.3, 0.4) is 0 Å². The topological polar surface area (TPSA) is 60.5 Å². The van der Waals surface area contributed by atoms with E-state index in [1.54, 1.807) is 42.6 Å².